The van der Waals surface area contributed by atoms with Crippen molar-refractivity contribution in [3.63, 3.8) is 0 Å². The summed E-state index contributed by atoms with van der Waals surface area (Å²) in [5.74, 6) is 1.04. The number of nitrogens with one attached hydrogen (secondary N) is 1. The zero-order valence-corrected chi connectivity index (χ0v) is 11.6. The van der Waals surface area contributed by atoms with Crippen LogP contribution in [0.1, 0.15) is 51.6 Å². The van der Waals surface area contributed by atoms with E-state index in [0.29, 0.717) is 11.5 Å². The summed E-state index contributed by atoms with van der Waals surface area (Å²) in [6.45, 7) is 7.78. The number of hydrogen-bond acceptors (Lipinski definition) is 2. The minimum absolute atomic E-state index is 0.145. The second kappa shape index (κ2) is 3.99. The van der Waals surface area contributed by atoms with Gasteiger partial charge in [0.05, 0.1) is 6.04 Å². The highest BCUT2D eigenvalue weighted by Gasteiger charge is 2.45. The van der Waals surface area contributed by atoms with Crippen LogP contribution in [0.2, 0.25) is 0 Å². The average Bonchev–Trinajstić information content (AvgIpc) is 3.06. The molecule has 0 saturated heterocycles. The third-order valence-electron chi connectivity index (χ3n) is 4.69. The first-order valence-electron chi connectivity index (χ1n) is 7.08. The Bertz CT molecular complexity index is 448. The molecule has 18 heavy (non-hydrogen) atoms. The number of hydrogen-bond donors (Lipinski definition) is 1. The molecule has 98 valence electrons. The van der Waals surface area contributed by atoms with Gasteiger partial charge >= 0.3 is 0 Å². The lowest BCUT2D eigenvalue weighted by Gasteiger charge is -2.29. The lowest BCUT2D eigenvalue weighted by Crippen LogP contribution is -2.41. The summed E-state index contributed by atoms with van der Waals surface area (Å²) in [4.78, 5) is 0. The van der Waals surface area contributed by atoms with Gasteiger partial charge in [0, 0.05) is 12.1 Å². The van der Waals surface area contributed by atoms with Crippen LogP contribution in [0.5, 0.6) is 5.75 Å². The molecule has 1 aromatic rings. The molecular weight excluding hydrogens is 222 g/mol. The lowest BCUT2D eigenvalue weighted by atomic mass is 9.93. The monoisotopic (exact) mass is 245 g/mol. The van der Waals surface area contributed by atoms with Gasteiger partial charge in [-0.2, -0.15) is 0 Å². The third-order valence-corrected chi connectivity index (χ3v) is 4.69. The summed E-state index contributed by atoms with van der Waals surface area (Å²) in [5, 5.41) is 3.76. The Kier molecular flexibility index (Phi) is 2.67. The van der Waals surface area contributed by atoms with Crippen molar-refractivity contribution in [3.05, 3.63) is 29.8 Å². The van der Waals surface area contributed by atoms with E-state index in [2.05, 4.69) is 44.3 Å². The zero-order chi connectivity index (χ0) is 12.8. The maximum absolute atomic E-state index is 6.06. The fourth-order valence-corrected chi connectivity index (χ4v) is 3.04. The van der Waals surface area contributed by atoms with Crippen LogP contribution in [0.4, 0.5) is 0 Å². The predicted octanol–water partition coefficient (Wildman–Crippen LogP) is 3.68. The Morgan fingerprint density at radius 2 is 2.00 bits per heavy atom. The first-order chi connectivity index (χ1) is 8.56. The molecule has 0 amide bonds. The molecule has 2 nitrogen and oxygen atoms in total. The van der Waals surface area contributed by atoms with E-state index < -0.39 is 0 Å². The Morgan fingerprint density at radius 1 is 1.28 bits per heavy atom. The molecule has 0 spiro atoms. The maximum Gasteiger partial charge on any atom is 0.125 e. The van der Waals surface area contributed by atoms with E-state index >= 15 is 0 Å². The Hall–Kier alpha value is -1.02. The van der Waals surface area contributed by atoms with E-state index in [1.807, 2.05) is 6.07 Å². The molecular formula is C16H23NO. The summed E-state index contributed by atoms with van der Waals surface area (Å²) < 4.78 is 6.06. The van der Waals surface area contributed by atoms with Gasteiger partial charge in [-0.05, 0) is 44.6 Å². The number of para-hydroxylation sites is 1. The third kappa shape index (κ3) is 1.93. The van der Waals surface area contributed by atoms with E-state index in [9.17, 15) is 0 Å². The summed E-state index contributed by atoms with van der Waals surface area (Å²) in [6, 6.07) is 8.73. The molecule has 3 rings (SSSR count). The van der Waals surface area contributed by atoms with Crippen molar-refractivity contribution in [1.82, 2.24) is 5.32 Å². The van der Waals surface area contributed by atoms with Gasteiger partial charge in [-0.15, -0.1) is 0 Å². The van der Waals surface area contributed by atoms with Gasteiger partial charge in [0.2, 0.25) is 0 Å². The van der Waals surface area contributed by atoms with Crippen LogP contribution in [0.3, 0.4) is 0 Å². The van der Waals surface area contributed by atoms with Crippen LogP contribution in [-0.4, -0.2) is 12.1 Å². The van der Waals surface area contributed by atoms with Crippen LogP contribution in [0.25, 0.3) is 0 Å². The highest BCUT2D eigenvalue weighted by Crippen LogP contribution is 2.49. The minimum Gasteiger partial charge on any atom is -0.486 e. The van der Waals surface area contributed by atoms with Gasteiger partial charge in [-0.1, -0.05) is 25.1 Å². The fraction of sp³-hybridized carbons (Fsp3) is 0.625. The first-order valence-corrected chi connectivity index (χ1v) is 7.08. The SMILES string of the molecule is CCC1(CNC2c3ccccc3OC2(C)C)CC1. The number of ether oxygens (including phenoxy) is 1. The molecule has 1 aromatic carbocycles. The van der Waals surface area contributed by atoms with Crippen molar-refractivity contribution in [2.24, 2.45) is 5.41 Å². The standard InChI is InChI=1S/C16H23NO/c1-4-16(9-10-16)11-17-14-12-7-5-6-8-13(12)18-15(14,2)3/h5-8,14,17H,4,9-11H2,1-3H3. The first kappa shape index (κ1) is 12.0. The molecule has 1 aliphatic carbocycles. The molecule has 1 fully saturated rings. The van der Waals surface area contributed by atoms with Gasteiger partial charge in [0.25, 0.3) is 0 Å². The van der Waals surface area contributed by atoms with Gasteiger partial charge < -0.3 is 10.1 Å². The summed E-state index contributed by atoms with van der Waals surface area (Å²) in [6.07, 6.45) is 4.05. The molecule has 2 aliphatic rings. The van der Waals surface area contributed by atoms with Crippen molar-refractivity contribution in [2.75, 3.05) is 6.54 Å². The normalized spacial score (nSPS) is 26.5. The molecule has 1 heterocycles. The van der Waals surface area contributed by atoms with Crippen LogP contribution in [-0.2, 0) is 0 Å². The molecule has 1 N–H and O–H groups in total. The number of benzene rings is 1. The molecule has 1 saturated carbocycles. The second-order valence-corrected chi connectivity index (χ2v) is 6.41. The molecule has 1 unspecified atom stereocenters. The Balaban J connectivity index is 1.77. The Morgan fingerprint density at radius 3 is 2.67 bits per heavy atom. The average molecular weight is 245 g/mol. The molecule has 0 aromatic heterocycles. The van der Waals surface area contributed by atoms with Gasteiger partial charge in [0.1, 0.15) is 11.4 Å². The topological polar surface area (TPSA) is 21.3 Å². The van der Waals surface area contributed by atoms with Crippen LogP contribution < -0.4 is 10.1 Å². The summed E-state index contributed by atoms with van der Waals surface area (Å²) >= 11 is 0. The second-order valence-electron chi connectivity index (χ2n) is 6.41. The maximum atomic E-state index is 6.06. The summed E-state index contributed by atoms with van der Waals surface area (Å²) in [5.41, 5.74) is 1.75. The largest absolute Gasteiger partial charge is 0.486 e. The molecule has 1 atom stereocenters. The van der Waals surface area contributed by atoms with Crippen LogP contribution >= 0.6 is 0 Å². The van der Waals surface area contributed by atoms with E-state index in [-0.39, 0.29) is 5.60 Å². The smallest absolute Gasteiger partial charge is 0.125 e. The Labute approximate surface area is 110 Å². The van der Waals surface area contributed by atoms with Crippen molar-refractivity contribution >= 4 is 0 Å². The van der Waals surface area contributed by atoms with Gasteiger partial charge in [-0.3, -0.25) is 0 Å². The van der Waals surface area contributed by atoms with E-state index in [1.165, 1.54) is 24.8 Å². The molecule has 2 heteroatoms. The van der Waals surface area contributed by atoms with E-state index in [1.54, 1.807) is 0 Å². The lowest BCUT2D eigenvalue weighted by molar-refractivity contribution is 0.0937. The van der Waals surface area contributed by atoms with E-state index in [4.69, 9.17) is 4.74 Å². The quantitative estimate of drug-likeness (QED) is 0.873. The van der Waals surface area contributed by atoms with Crippen LogP contribution in [0.15, 0.2) is 24.3 Å². The van der Waals surface area contributed by atoms with Crippen LogP contribution in [0, 0.1) is 5.41 Å². The highest BCUT2D eigenvalue weighted by atomic mass is 16.5. The highest BCUT2D eigenvalue weighted by molar-refractivity contribution is 5.42. The number of fused-ring (bicyclic) bond motifs is 1. The molecule has 0 radical (unpaired) electrons. The van der Waals surface area contributed by atoms with Gasteiger partial charge in [0.15, 0.2) is 0 Å². The van der Waals surface area contributed by atoms with Crippen molar-refractivity contribution < 1.29 is 4.74 Å². The van der Waals surface area contributed by atoms with Crippen molar-refractivity contribution in [1.29, 1.82) is 0 Å². The summed E-state index contributed by atoms with van der Waals surface area (Å²) in [7, 11) is 0. The number of rotatable bonds is 4. The van der Waals surface area contributed by atoms with E-state index in [0.717, 1.165) is 12.3 Å². The molecule has 0 bridgehead atoms. The predicted molar refractivity (Wildman–Crippen MR) is 73.9 cm³/mol. The minimum atomic E-state index is -0.145. The fourth-order valence-electron chi connectivity index (χ4n) is 3.04. The van der Waals surface area contributed by atoms with Crippen molar-refractivity contribution in [2.45, 2.75) is 51.7 Å². The van der Waals surface area contributed by atoms with Gasteiger partial charge in [-0.25, -0.2) is 0 Å². The van der Waals surface area contributed by atoms with Crippen molar-refractivity contribution in [3.8, 4) is 5.75 Å². The zero-order valence-electron chi connectivity index (χ0n) is 11.6. The molecule has 1 aliphatic heterocycles.